The maximum Gasteiger partial charge on any atom is 0.186 e. The highest BCUT2D eigenvalue weighted by Crippen LogP contribution is 2.25. The summed E-state index contributed by atoms with van der Waals surface area (Å²) >= 11 is -2.06. The first-order chi connectivity index (χ1) is 12.6. The zero-order valence-electron chi connectivity index (χ0n) is 14.3. The summed E-state index contributed by atoms with van der Waals surface area (Å²) in [4.78, 5) is 4.39. The molecule has 26 heavy (non-hydrogen) atoms. The Labute approximate surface area is 155 Å². The molecule has 3 aromatic rings. The van der Waals surface area contributed by atoms with Crippen molar-refractivity contribution in [1.29, 1.82) is 0 Å². The molecule has 0 bridgehead atoms. The lowest BCUT2D eigenvalue weighted by Crippen LogP contribution is -2.19. The van der Waals surface area contributed by atoms with Gasteiger partial charge in [0.15, 0.2) is 11.1 Å². The number of hydrogen-bond donors (Lipinski definition) is 2. The summed E-state index contributed by atoms with van der Waals surface area (Å²) in [5.74, 6) is 1.21. The van der Waals surface area contributed by atoms with E-state index < -0.39 is 11.1 Å². The minimum atomic E-state index is -2.06. The molecule has 0 saturated heterocycles. The van der Waals surface area contributed by atoms with Gasteiger partial charge in [0, 0.05) is 18.8 Å². The largest absolute Gasteiger partial charge is 0.456 e. The lowest BCUT2D eigenvalue weighted by atomic mass is 10.1. The number of benzene rings is 2. The van der Waals surface area contributed by atoms with Gasteiger partial charge in [-0.3, -0.25) is 4.98 Å². The van der Waals surface area contributed by atoms with Crippen LogP contribution in [0.15, 0.2) is 78.0 Å². The average molecular weight is 368 g/mol. The topological polar surface area (TPSA) is 71.5 Å². The predicted octanol–water partition coefficient (Wildman–Crippen LogP) is 4.31. The lowest BCUT2D eigenvalue weighted by molar-refractivity contribution is 0.477. The van der Waals surface area contributed by atoms with E-state index in [4.69, 9.17) is 4.74 Å². The van der Waals surface area contributed by atoms with Gasteiger partial charge < -0.3 is 14.6 Å². The smallest absolute Gasteiger partial charge is 0.186 e. The molecule has 0 saturated carbocycles. The van der Waals surface area contributed by atoms with E-state index in [1.165, 1.54) is 0 Å². The Morgan fingerprint density at radius 1 is 1.12 bits per heavy atom. The van der Waals surface area contributed by atoms with E-state index in [0.29, 0.717) is 22.9 Å². The van der Waals surface area contributed by atoms with E-state index >= 15 is 0 Å². The average Bonchev–Trinajstić information content (AvgIpc) is 2.67. The van der Waals surface area contributed by atoms with Crippen molar-refractivity contribution >= 4 is 11.1 Å². The molecule has 6 heteroatoms. The summed E-state index contributed by atoms with van der Waals surface area (Å²) in [5, 5.41) is 3.39. The van der Waals surface area contributed by atoms with Crippen LogP contribution in [0.4, 0.5) is 0 Å². The summed E-state index contributed by atoms with van der Waals surface area (Å²) in [6.45, 7) is 2.50. The molecular formula is C20H20N2O3S. The first-order valence-corrected chi connectivity index (χ1v) is 9.34. The Morgan fingerprint density at radius 2 is 1.92 bits per heavy atom. The molecule has 0 fully saturated rings. The molecule has 2 aromatic carbocycles. The molecule has 3 rings (SSSR count). The van der Waals surface area contributed by atoms with Crippen LogP contribution < -0.4 is 10.1 Å². The molecule has 2 unspecified atom stereocenters. The van der Waals surface area contributed by atoms with Crippen LogP contribution in [0.2, 0.25) is 0 Å². The molecule has 2 N–H and O–H groups in total. The fourth-order valence-corrected chi connectivity index (χ4v) is 3.13. The zero-order chi connectivity index (χ0) is 18.4. The van der Waals surface area contributed by atoms with Crippen LogP contribution in [-0.2, 0) is 17.6 Å². The molecule has 0 aliphatic carbocycles. The van der Waals surface area contributed by atoms with Crippen LogP contribution in [-0.4, -0.2) is 13.7 Å². The highest BCUT2D eigenvalue weighted by atomic mass is 32.2. The van der Waals surface area contributed by atoms with E-state index in [9.17, 15) is 8.76 Å². The molecule has 5 nitrogen and oxygen atoms in total. The predicted molar refractivity (Wildman–Crippen MR) is 101 cm³/mol. The van der Waals surface area contributed by atoms with Crippen LogP contribution in [0.3, 0.4) is 0 Å². The standard InChI is InChI=1S/C20H20N2O3S/c1-15(16-6-3-2-4-7-16)22-13-17-12-18(9-10-20(17)26(23)24)25-19-8-5-11-21-14-19/h2-12,14-15,22H,13H2,1H3,(H,23,24). The fraction of sp³-hybridized carbons (Fsp3) is 0.150. The van der Waals surface area contributed by atoms with Gasteiger partial charge in [-0.1, -0.05) is 30.3 Å². The monoisotopic (exact) mass is 368 g/mol. The molecule has 0 aliphatic rings. The van der Waals surface area contributed by atoms with E-state index in [1.807, 2.05) is 30.3 Å². The SMILES string of the molecule is CC(NCc1cc(Oc2cccnc2)ccc1S(=O)O)c1ccccc1. The van der Waals surface area contributed by atoms with Crippen molar-refractivity contribution in [2.75, 3.05) is 0 Å². The number of nitrogens with one attached hydrogen (secondary N) is 1. The molecule has 0 radical (unpaired) electrons. The Bertz CT molecular complexity index is 873. The normalized spacial score (nSPS) is 13.2. The molecule has 0 aliphatic heterocycles. The summed E-state index contributed by atoms with van der Waals surface area (Å²) < 4.78 is 27.0. The second-order valence-corrected chi connectivity index (χ2v) is 6.76. The van der Waals surface area contributed by atoms with Crippen LogP contribution in [0.5, 0.6) is 11.5 Å². The number of hydrogen-bond acceptors (Lipinski definition) is 4. The summed E-state index contributed by atoms with van der Waals surface area (Å²) in [6.07, 6.45) is 3.29. The molecule has 1 aromatic heterocycles. The molecular weight excluding hydrogens is 348 g/mol. The van der Waals surface area contributed by atoms with Gasteiger partial charge in [0.25, 0.3) is 0 Å². The van der Waals surface area contributed by atoms with Gasteiger partial charge in [-0.25, -0.2) is 4.21 Å². The maximum absolute atomic E-state index is 11.6. The molecule has 134 valence electrons. The third-order valence-electron chi connectivity index (χ3n) is 3.99. The van der Waals surface area contributed by atoms with Gasteiger partial charge in [0.2, 0.25) is 0 Å². The Kier molecular flexibility index (Phi) is 6.12. The van der Waals surface area contributed by atoms with Crippen molar-refractivity contribution in [2.45, 2.75) is 24.4 Å². The number of rotatable bonds is 7. The quantitative estimate of drug-likeness (QED) is 0.608. The zero-order valence-corrected chi connectivity index (χ0v) is 15.1. The fourth-order valence-electron chi connectivity index (χ4n) is 2.59. The van der Waals surface area contributed by atoms with Gasteiger partial charge in [0.05, 0.1) is 11.1 Å². The minimum Gasteiger partial charge on any atom is -0.456 e. The Hall–Kier alpha value is -2.54. The van der Waals surface area contributed by atoms with E-state index in [-0.39, 0.29) is 6.04 Å². The van der Waals surface area contributed by atoms with Crippen molar-refractivity contribution in [2.24, 2.45) is 0 Å². The highest BCUT2D eigenvalue weighted by Gasteiger charge is 2.12. The summed E-state index contributed by atoms with van der Waals surface area (Å²) in [5.41, 5.74) is 1.87. The summed E-state index contributed by atoms with van der Waals surface area (Å²) in [7, 11) is 0. The number of ether oxygens (including phenoxy) is 1. The van der Waals surface area contributed by atoms with Gasteiger partial charge >= 0.3 is 0 Å². The molecule has 0 spiro atoms. The van der Waals surface area contributed by atoms with Gasteiger partial charge in [0.1, 0.15) is 11.5 Å². The van der Waals surface area contributed by atoms with E-state index in [0.717, 1.165) is 11.1 Å². The molecule has 1 heterocycles. The van der Waals surface area contributed by atoms with Crippen molar-refractivity contribution in [1.82, 2.24) is 10.3 Å². The van der Waals surface area contributed by atoms with Crippen molar-refractivity contribution in [3.63, 3.8) is 0 Å². The van der Waals surface area contributed by atoms with E-state index in [1.54, 1.807) is 42.7 Å². The van der Waals surface area contributed by atoms with Crippen LogP contribution in [0, 0.1) is 0 Å². The number of pyridine rings is 1. The van der Waals surface area contributed by atoms with Crippen molar-refractivity contribution < 1.29 is 13.5 Å². The van der Waals surface area contributed by atoms with E-state index in [2.05, 4.69) is 17.2 Å². The van der Waals surface area contributed by atoms with Crippen LogP contribution in [0.25, 0.3) is 0 Å². The molecule has 2 atom stereocenters. The summed E-state index contributed by atoms with van der Waals surface area (Å²) in [6, 6.07) is 18.8. The third-order valence-corrected chi connectivity index (χ3v) is 4.76. The first-order valence-electron chi connectivity index (χ1n) is 8.23. The number of aromatic nitrogens is 1. The third kappa shape index (κ3) is 4.76. The van der Waals surface area contributed by atoms with Crippen molar-refractivity contribution in [3.05, 3.63) is 84.2 Å². The van der Waals surface area contributed by atoms with Crippen LogP contribution >= 0.6 is 0 Å². The van der Waals surface area contributed by atoms with Crippen molar-refractivity contribution in [3.8, 4) is 11.5 Å². The van der Waals surface area contributed by atoms with Gasteiger partial charge in [-0.2, -0.15) is 0 Å². The Morgan fingerprint density at radius 3 is 2.62 bits per heavy atom. The second kappa shape index (κ2) is 8.71. The van der Waals surface area contributed by atoms with Gasteiger partial charge in [-0.05, 0) is 48.4 Å². The number of nitrogens with zero attached hydrogens (tertiary/aromatic N) is 1. The lowest BCUT2D eigenvalue weighted by Gasteiger charge is -2.16. The first kappa shape index (κ1) is 18.3. The van der Waals surface area contributed by atoms with Gasteiger partial charge in [-0.15, -0.1) is 0 Å². The Balaban J connectivity index is 1.77. The highest BCUT2D eigenvalue weighted by molar-refractivity contribution is 7.79. The van der Waals surface area contributed by atoms with Crippen LogP contribution in [0.1, 0.15) is 24.1 Å². The maximum atomic E-state index is 11.6. The molecule has 0 amide bonds. The second-order valence-electron chi connectivity index (χ2n) is 5.82. The minimum absolute atomic E-state index is 0.110.